The summed E-state index contributed by atoms with van der Waals surface area (Å²) in [5.74, 6) is -2.51. The average molecular weight is 306 g/mol. The zero-order chi connectivity index (χ0) is 16.1. The molecule has 116 valence electrons. The maximum atomic E-state index is 11.7. The van der Waals surface area contributed by atoms with E-state index in [9.17, 15) is 19.2 Å². The molecule has 8 nitrogen and oxygen atoms in total. The first-order chi connectivity index (χ1) is 10.5. The number of nitrogens with one attached hydrogen (secondary N) is 1. The van der Waals surface area contributed by atoms with E-state index in [1.165, 1.54) is 0 Å². The summed E-state index contributed by atoms with van der Waals surface area (Å²) in [5.41, 5.74) is 0.712. The molecule has 0 saturated carbocycles. The molecule has 0 bridgehead atoms. The molecular weight excluding hydrogens is 292 g/mol. The van der Waals surface area contributed by atoms with Crippen molar-refractivity contribution in [3.63, 3.8) is 0 Å². The van der Waals surface area contributed by atoms with Crippen LogP contribution in [-0.4, -0.2) is 40.1 Å². The van der Waals surface area contributed by atoms with Crippen LogP contribution in [0, 0.1) is 0 Å². The van der Waals surface area contributed by atoms with Crippen LogP contribution in [0.1, 0.15) is 18.4 Å². The molecule has 0 spiro atoms. The van der Waals surface area contributed by atoms with E-state index < -0.39 is 29.9 Å². The van der Waals surface area contributed by atoms with Gasteiger partial charge < -0.3 is 15.3 Å². The van der Waals surface area contributed by atoms with Crippen LogP contribution in [0.5, 0.6) is 0 Å². The summed E-state index contributed by atoms with van der Waals surface area (Å²) in [7, 11) is 0. The molecule has 0 aliphatic carbocycles. The molecule has 8 heteroatoms. The summed E-state index contributed by atoms with van der Waals surface area (Å²) in [6, 6.07) is 7.48. The Balaban J connectivity index is 1.96. The van der Waals surface area contributed by atoms with Crippen LogP contribution < -0.4 is 5.32 Å². The molecule has 22 heavy (non-hydrogen) atoms. The summed E-state index contributed by atoms with van der Waals surface area (Å²) < 4.78 is 0. The third kappa shape index (κ3) is 3.81. The summed E-state index contributed by atoms with van der Waals surface area (Å²) in [6.45, 7) is 0. The Hall–Kier alpha value is -2.90. The Morgan fingerprint density at radius 2 is 1.77 bits per heavy atom. The second kappa shape index (κ2) is 6.70. The number of carboxylic acid groups (broad SMARTS) is 1. The van der Waals surface area contributed by atoms with Gasteiger partial charge in [0.25, 0.3) is 11.8 Å². The van der Waals surface area contributed by atoms with Crippen molar-refractivity contribution in [2.75, 3.05) is 0 Å². The van der Waals surface area contributed by atoms with Gasteiger partial charge in [0, 0.05) is 19.3 Å². The van der Waals surface area contributed by atoms with E-state index in [1.54, 1.807) is 30.3 Å². The highest BCUT2D eigenvalue weighted by Gasteiger charge is 2.33. The number of carboxylic acids is 1. The number of imide groups is 1. The number of amides is 3. The van der Waals surface area contributed by atoms with Gasteiger partial charge in [0.2, 0.25) is 0 Å². The van der Waals surface area contributed by atoms with E-state index in [-0.39, 0.29) is 19.3 Å². The van der Waals surface area contributed by atoms with Crippen LogP contribution in [0.3, 0.4) is 0 Å². The molecular formula is C14H14N2O6. The number of rotatable bonds is 5. The van der Waals surface area contributed by atoms with Crippen molar-refractivity contribution in [1.82, 2.24) is 10.4 Å². The number of hydrogen-bond donors (Lipinski definition) is 2. The summed E-state index contributed by atoms with van der Waals surface area (Å²) in [5, 5.41) is 11.6. The van der Waals surface area contributed by atoms with Crippen molar-refractivity contribution >= 4 is 23.9 Å². The molecule has 2 N–H and O–H groups in total. The maximum Gasteiger partial charge on any atom is 0.432 e. The molecule has 1 saturated heterocycles. The normalized spacial score (nSPS) is 15.5. The fourth-order valence-corrected chi connectivity index (χ4v) is 1.96. The fraction of sp³-hybridized carbons (Fsp3) is 0.286. The molecule has 0 radical (unpaired) electrons. The third-order valence-electron chi connectivity index (χ3n) is 3.05. The van der Waals surface area contributed by atoms with Crippen LogP contribution in [0.2, 0.25) is 0 Å². The quantitative estimate of drug-likeness (QED) is 0.765. The van der Waals surface area contributed by atoms with Gasteiger partial charge in [0.1, 0.15) is 6.04 Å². The highest BCUT2D eigenvalue weighted by atomic mass is 16.7. The molecule has 1 aliphatic heterocycles. The van der Waals surface area contributed by atoms with E-state index in [1.807, 2.05) is 0 Å². The fourth-order valence-electron chi connectivity index (χ4n) is 1.96. The monoisotopic (exact) mass is 306 g/mol. The molecule has 1 aliphatic rings. The lowest BCUT2D eigenvalue weighted by molar-refractivity contribution is -0.171. The molecule has 3 amide bonds. The van der Waals surface area contributed by atoms with E-state index in [0.717, 1.165) is 0 Å². The van der Waals surface area contributed by atoms with E-state index in [4.69, 9.17) is 5.11 Å². The molecule has 0 aromatic heterocycles. The smallest absolute Gasteiger partial charge is 0.432 e. The second-order valence-corrected chi connectivity index (χ2v) is 4.69. The number of carbonyl (C=O) groups is 4. The Kier molecular flexibility index (Phi) is 4.72. The van der Waals surface area contributed by atoms with E-state index >= 15 is 0 Å². The standard InChI is InChI=1S/C14H14N2O6/c17-11-6-7-12(18)16(11)22-14(21)15-10(13(19)20)8-9-4-2-1-3-5-9/h1-5,10H,6-8H2,(H,15,21)(H,19,20)/t10-/m0/s1. The Labute approximate surface area is 125 Å². The number of hydroxylamine groups is 2. The Morgan fingerprint density at radius 1 is 1.18 bits per heavy atom. The van der Waals surface area contributed by atoms with E-state index in [0.29, 0.717) is 10.6 Å². The van der Waals surface area contributed by atoms with Crippen molar-refractivity contribution < 1.29 is 29.1 Å². The first kappa shape index (κ1) is 15.5. The number of benzene rings is 1. The zero-order valence-corrected chi connectivity index (χ0v) is 11.5. The van der Waals surface area contributed by atoms with Crippen LogP contribution in [0.25, 0.3) is 0 Å². The maximum absolute atomic E-state index is 11.7. The first-order valence-electron chi connectivity index (χ1n) is 6.58. The molecule has 1 heterocycles. The van der Waals surface area contributed by atoms with Gasteiger partial charge in [-0.15, -0.1) is 5.06 Å². The first-order valence-corrected chi connectivity index (χ1v) is 6.58. The van der Waals surface area contributed by atoms with Crippen molar-refractivity contribution in [2.45, 2.75) is 25.3 Å². The molecule has 1 aromatic rings. The Bertz CT molecular complexity index is 585. The van der Waals surface area contributed by atoms with Crippen LogP contribution >= 0.6 is 0 Å². The van der Waals surface area contributed by atoms with Gasteiger partial charge in [-0.2, -0.15) is 0 Å². The molecule has 0 unspecified atom stereocenters. The minimum atomic E-state index is -1.25. The van der Waals surface area contributed by atoms with Crippen LogP contribution in [0.4, 0.5) is 4.79 Å². The highest BCUT2D eigenvalue weighted by molar-refractivity contribution is 6.01. The summed E-state index contributed by atoms with van der Waals surface area (Å²) in [6.07, 6.45) is -1.17. The lowest BCUT2D eigenvalue weighted by atomic mass is 10.1. The Morgan fingerprint density at radius 3 is 2.32 bits per heavy atom. The van der Waals surface area contributed by atoms with E-state index in [2.05, 4.69) is 10.2 Å². The van der Waals surface area contributed by atoms with Gasteiger partial charge in [0.05, 0.1) is 0 Å². The van der Waals surface area contributed by atoms with Crippen molar-refractivity contribution in [2.24, 2.45) is 0 Å². The average Bonchev–Trinajstić information content (AvgIpc) is 2.79. The van der Waals surface area contributed by atoms with Gasteiger partial charge in [-0.05, 0) is 5.56 Å². The van der Waals surface area contributed by atoms with Gasteiger partial charge in [-0.1, -0.05) is 30.3 Å². The molecule has 1 aromatic carbocycles. The zero-order valence-electron chi connectivity index (χ0n) is 11.5. The van der Waals surface area contributed by atoms with Crippen molar-refractivity contribution in [3.8, 4) is 0 Å². The van der Waals surface area contributed by atoms with Gasteiger partial charge >= 0.3 is 12.1 Å². The predicted octanol–water partition coefficient (Wildman–Crippen LogP) is 0.472. The lowest BCUT2D eigenvalue weighted by Gasteiger charge is -2.17. The second-order valence-electron chi connectivity index (χ2n) is 4.69. The molecule has 2 rings (SSSR count). The number of aliphatic carboxylic acids is 1. The molecule has 1 atom stereocenters. The van der Waals surface area contributed by atoms with Gasteiger partial charge in [-0.25, -0.2) is 9.59 Å². The molecule has 1 fully saturated rings. The topological polar surface area (TPSA) is 113 Å². The highest BCUT2D eigenvalue weighted by Crippen LogP contribution is 2.12. The van der Waals surface area contributed by atoms with Crippen molar-refractivity contribution in [3.05, 3.63) is 35.9 Å². The predicted molar refractivity (Wildman–Crippen MR) is 72.3 cm³/mol. The number of hydrogen-bond acceptors (Lipinski definition) is 5. The van der Waals surface area contributed by atoms with Gasteiger partial charge in [-0.3, -0.25) is 9.59 Å². The van der Waals surface area contributed by atoms with Crippen molar-refractivity contribution in [1.29, 1.82) is 0 Å². The minimum absolute atomic E-state index is 0.0293. The van der Waals surface area contributed by atoms with Crippen LogP contribution in [0.15, 0.2) is 30.3 Å². The van der Waals surface area contributed by atoms with Gasteiger partial charge in [0.15, 0.2) is 0 Å². The summed E-state index contributed by atoms with van der Waals surface area (Å²) in [4.78, 5) is 50.0. The minimum Gasteiger partial charge on any atom is -0.480 e. The number of carbonyl (C=O) groups excluding carboxylic acids is 3. The lowest BCUT2D eigenvalue weighted by Crippen LogP contribution is -2.45. The summed E-state index contributed by atoms with van der Waals surface area (Å²) >= 11 is 0. The van der Waals surface area contributed by atoms with Crippen LogP contribution in [-0.2, 0) is 25.6 Å². The third-order valence-corrected chi connectivity index (χ3v) is 3.05. The number of nitrogens with zero attached hydrogens (tertiary/aromatic N) is 1. The SMILES string of the molecule is O=C(N[C@@H](Cc1ccccc1)C(=O)O)ON1C(=O)CCC1=O. The largest absolute Gasteiger partial charge is 0.480 e.